The van der Waals surface area contributed by atoms with Crippen LogP contribution in [0.15, 0.2) is 82.7 Å². The topological polar surface area (TPSA) is 64.1 Å². The lowest BCUT2D eigenvalue weighted by atomic mass is 10.0. The molecule has 2 heterocycles. The number of amides is 1. The van der Waals surface area contributed by atoms with Crippen molar-refractivity contribution in [3.8, 4) is 23.0 Å². The molecule has 170 valence electrons. The van der Waals surface area contributed by atoms with E-state index in [9.17, 15) is 9.18 Å². The van der Waals surface area contributed by atoms with E-state index >= 15 is 0 Å². The third kappa shape index (κ3) is 4.93. The number of nitrogens with one attached hydrogen (secondary N) is 1. The number of carbonyl (C=O) groups excluding carboxylic acids is 1. The van der Waals surface area contributed by atoms with Crippen LogP contribution in [0.2, 0.25) is 0 Å². The van der Waals surface area contributed by atoms with Gasteiger partial charge in [0, 0.05) is 22.6 Å². The van der Waals surface area contributed by atoms with Gasteiger partial charge in [-0.25, -0.2) is 9.37 Å². The van der Waals surface area contributed by atoms with Gasteiger partial charge in [-0.15, -0.1) is 11.8 Å². The summed E-state index contributed by atoms with van der Waals surface area (Å²) in [4.78, 5) is 23.1. The second kappa shape index (κ2) is 9.87. The first-order chi connectivity index (χ1) is 16.6. The lowest BCUT2D eigenvalue weighted by Gasteiger charge is -2.21. The first-order valence-corrected chi connectivity index (χ1v) is 12.8. The van der Waals surface area contributed by atoms with Gasteiger partial charge in [0.05, 0.1) is 11.3 Å². The van der Waals surface area contributed by atoms with Gasteiger partial charge < -0.3 is 10.1 Å². The third-order valence-corrected chi connectivity index (χ3v) is 7.02. The number of ether oxygens (including phenoxy) is 1. The minimum atomic E-state index is -0.330. The number of carbonyl (C=O) groups is 1. The highest BCUT2D eigenvalue weighted by atomic mass is 32.2. The van der Waals surface area contributed by atoms with Crippen LogP contribution in [0, 0.1) is 5.82 Å². The number of aromatic nitrogens is 2. The summed E-state index contributed by atoms with van der Waals surface area (Å²) in [5.41, 5.74) is 3.30. The third-order valence-electron chi connectivity index (χ3n) is 5.27. The number of thioether (sulfide) groups is 2. The van der Waals surface area contributed by atoms with Crippen molar-refractivity contribution in [2.75, 3.05) is 17.3 Å². The van der Waals surface area contributed by atoms with Crippen LogP contribution in [0.4, 0.5) is 10.1 Å². The molecule has 4 aromatic rings. The Labute approximate surface area is 205 Å². The number of rotatable bonds is 6. The lowest BCUT2D eigenvalue weighted by molar-refractivity contribution is -0.113. The number of para-hydroxylation sites is 1. The van der Waals surface area contributed by atoms with Crippen LogP contribution in [-0.4, -0.2) is 27.9 Å². The van der Waals surface area contributed by atoms with Gasteiger partial charge in [0.2, 0.25) is 11.8 Å². The standard InChI is InChI=1S/C26H20FN3O2S2/c1-33-20-7-4-6-19(14-20)28-23(31)15-34-26-21-13-17-5-2-3-8-22(17)32-25(21)29-24(30-26)16-9-11-18(27)12-10-16/h2-12,14H,13,15H2,1H3,(H,28,31). The first kappa shape index (κ1) is 22.4. The highest BCUT2D eigenvalue weighted by molar-refractivity contribution is 8.00. The molecule has 0 fully saturated rings. The van der Waals surface area contributed by atoms with E-state index in [2.05, 4.69) is 10.3 Å². The molecule has 0 radical (unpaired) electrons. The van der Waals surface area contributed by atoms with Crippen LogP contribution in [0.1, 0.15) is 11.1 Å². The number of hydrogen-bond donors (Lipinski definition) is 1. The van der Waals surface area contributed by atoms with Gasteiger partial charge in [-0.3, -0.25) is 4.79 Å². The predicted octanol–water partition coefficient (Wildman–Crippen LogP) is 6.43. The Balaban J connectivity index is 1.42. The smallest absolute Gasteiger partial charge is 0.234 e. The van der Waals surface area contributed by atoms with Crippen LogP contribution in [-0.2, 0) is 11.2 Å². The molecule has 8 heteroatoms. The van der Waals surface area contributed by atoms with Crippen molar-refractivity contribution in [3.63, 3.8) is 0 Å². The fraction of sp³-hybridized carbons (Fsp3) is 0.115. The van der Waals surface area contributed by atoms with Crippen LogP contribution < -0.4 is 10.1 Å². The fourth-order valence-corrected chi connectivity index (χ4v) is 4.89. The minimum Gasteiger partial charge on any atom is -0.438 e. The Morgan fingerprint density at radius 2 is 1.88 bits per heavy atom. The molecule has 1 aromatic heterocycles. The molecule has 1 N–H and O–H groups in total. The summed E-state index contributed by atoms with van der Waals surface area (Å²) in [7, 11) is 0. The Morgan fingerprint density at radius 3 is 2.71 bits per heavy atom. The van der Waals surface area contributed by atoms with Crippen LogP contribution in [0.3, 0.4) is 0 Å². The zero-order valence-electron chi connectivity index (χ0n) is 18.2. The van der Waals surface area contributed by atoms with Gasteiger partial charge in [0.1, 0.15) is 16.6 Å². The Bertz CT molecular complexity index is 1360. The maximum absolute atomic E-state index is 13.4. The van der Waals surface area contributed by atoms with E-state index in [4.69, 9.17) is 9.72 Å². The second-order valence-electron chi connectivity index (χ2n) is 7.60. The highest BCUT2D eigenvalue weighted by Crippen LogP contribution is 2.40. The van der Waals surface area contributed by atoms with E-state index in [1.54, 1.807) is 23.9 Å². The number of benzene rings is 3. The van der Waals surface area contributed by atoms with Crippen molar-refractivity contribution >= 4 is 35.1 Å². The van der Waals surface area contributed by atoms with Crippen molar-refractivity contribution in [1.29, 1.82) is 0 Å². The number of hydrogen-bond acceptors (Lipinski definition) is 6. The van der Waals surface area contributed by atoms with Crippen LogP contribution >= 0.6 is 23.5 Å². The van der Waals surface area contributed by atoms with Gasteiger partial charge in [-0.2, -0.15) is 4.98 Å². The van der Waals surface area contributed by atoms with Crippen molar-refractivity contribution < 1.29 is 13.9 Å². The Hall–Kier alpha value is -3.36. The molecule has 3 aromatic carbocycles. The van der Waals surface area contributed by atoms with Crippen molar-refractivity contribution in [2.45, 2.75) is 16.3 Å². The second-order valence-corrected chi connectivity index (χ2v) is 9.44. The normalized spacial score (nSPS) is 11.8. The lowest BCUT2D eigenvalue weighted by Crippen LogP contribution is -2.15. The molecule has 0 saturated carbocycles. The molecule has 5 rings (SSSR count). The summed E-state index contributed by atoms with van der Waals surface area (Å²) < 4.78 is 19.5. The summed E-state index contributed by atoms with van der Waals surface area (Å²) >= 11 is 2.96. The molecule has 0 aliphatic carbocycles. The number of nitrogens with zero attached hydrogens (tertiary/aromatic N) is 2. The zero-order chi connectivity index (χ0) is 23.5. The van der Waals surface area contributed by atoms with Gasteiger partial charge >= 0.3 is 0 Å². The molecule has 0 saturated heterocycles. The number of fused-ring (bicyclic) bond motifs is 2. The van der Waals surface area contributed by atoms with Crippen molar-refractivity contribution in [3.05, 3.63) is 89.7 Å². The zero-order valence-corrected chi connectivity index (χ0v) is 19.9. The summed E-state index contributed by atoms with van der Waals surface area (Å²) in [6, 6.07) is 21.5. The Kier molecular flexibility index (Phi) is 6.51. The summed E-state index contributed by atoms with van der Waals surface area (Å²) in [6.07, 6.45) is 2.60. The summed E-state index contributed by atoms with van der Waals surface area (Å²) in [6.45, 7) is 0. The minimum absolute atomic E-state index is 0.129. The average molecular weight is 490 g/mol. The molecule has 0 bridgehead atoms. The van der Waals surface area contributed by atoms with Crippen LogP contribution in [0.5, 0.6) is 11.6 Å². The molecule has 34 heavy (non-hydrogen) atoms. The number of anilines is 1. The Morgan fingerprint density at radius 1 is 1.06 bits per heavy atom. The fourth-order valence-electron chi connectivity index (χ4n) is 3.60. The van der Waals surface area contributed by atoms with Crippen molar-refractivity contribution in [1.82, 2.24) is 9.97 Å². The van der Waals surface area contributed by atoms with E-state index < -0.39 is 0 Å². The summed E-state index contributed by atoms with van der Waals surface area (Å²) in [5.74, 6) is 1.36. The van der Waals surface area contributed by atoms with Gasteiger partial charge in [0.15, 0.2) is 5.82 Å². The first-order valence-electron chi connectivity index (χ1n) is 10.6. The molecule has 0 unspecified atom stereocenters. The average Bonchev–Trinajstić information content (AvgIpc) is 2.86. The van der Waals surface area contributed by atoms with Crippen molar-refractivity contribution in [2.24, 2.45) is 0 Å². The monoisotopic (exact) mass is 489 g/mol. The maximum Gasteiger partial charge on any atom is 0.234 e. The maximum atomic E-state index is 13.4. The van der Waals surface area contributed by atoms with Gasteiger partial charge in [0.25, 0.3) is 0 Å². The quantitative estimate of drug-likeness (QED) is 0.219. The number of halogens is 1. The van der Waals surface area contributed by atoms with E-state index in [0.717, 1.165) is 27.5 Å². The molecule has 1 aliphatic rings. The van der Waals surface area contributed by atoms with Gasteiger partial charge in [-0.1, -0.05) is 36.0 Å². The molecule has 0 spiro atoms. The highest BCUT2D eigenvalue weighted by Gasteiger charge is 2.24. The molecule has 5 nitrogen and oxygen atoms in total. The predicted molar refractivity (Wildman–Crippen MR) is 134 cm³/mol. The SMILES string of the molecule is CSc1cccc(NC(=O)CSc2nc(-c3ccc(F)cc3)nc3c2Cc2ccccc2O3)c1. The van der Waals surface area contributed by atoms with E-state index in [0.29, 0.717) is 28.7 Å². The molecular formula is C26H20FN3O2S2. The van der Waals surface area contributed by atoms with E-state index in [-0.39, 0.29) is 17.5 Å². The van der Waals surface area contributed by atoms with Crippen LogP contribution in [0.25, 0.3) is 11.4 Å². The molecule has 0 atom stereocenters. The van der Waals surface area contributed by atoms with E-state index in [1.165, 1.54) is 23.9 Å². The molecular weight excluding hydrogens is 469 g/mol. The van der Waals surface area contributed by atoms with E-state index in [1.807, 2.05) is 54.8 Å². The largest absolute Gasteiger partial charge is 0.438 e. The molecule has 1 amide bonds. The summed E-state index contributed by atoms with van der Waals surface area (Å²) in [5, 5.41) is 3.62. The molecule has 1 aliphatic heterocycles. The van der Waals surface area contributed by atoms with Gasteiger partial charge in [-0.05, 0) is 60.4 Å².